The zero-order valence-corrected chi connectivity index (χ0v) is 11.9. The Bertz CT molecular complexity index is 311. The Kier molecular flexibility index (Phi) is 5.70. The molecule has 0 saturated carbocycles. The monoisotopic (exact) mass is 234 g/mol. The maximum atomic E-state index is 5.81. The molecule has 1 nitrogen and oxygen atoms in total. The molecule has 96 valence electrons. The summed E-state index contributed by atoms with van der Waals surface area (Å²) in [6.07, 6.45) is 1.35. The Morgan fingerprint density at radius 1 is 0.882 bits per heavy atom. The van der Waals surface area contributed by atoms with Gasteiger partial charge in [0.1, 0.15) is 0 Å². The lowest BCUT2D eigenvalue weighted by molar-refractivity contribution is 0.0470. The van der Waals surface area contributed by atoms with E-state index in [9.17, 15) is 0 Å². The summed E-state index contributed by atoms with van der Waals surface area (Å²) in [7, 11) is 0. The van der Waals surface area contributed by atoms with Crippen LogP contribution in [0.5, 0.6) is 0 Å². The quantitative estimate of drug-likeness (QED) is 0.698. The highest BCUT2D eigenvalue weighted by atomic mass is 16.5. The Hall–Kier alpha value is -0.820. The topological polar surface area (TPSA) is 9.23 Å². The maximum Gasteiger partial charge on any atom is 0.0796 e. The molecule has 0 amide bonds. The van der Waals surface area contributed by atoms with Crippen molar-refractivity contribution in [3.05, 3.63) is 35.4 Å². The average molecular weight is 234 g/mol. The van der Waals surface area contributed by atoms with Gasteiger partial charge in [0.25, 0.3) is 0 Å². The predicted molar refractivity (Wildman–Crippen MR) is 74.2 cm³/mol. The number of hydrogen-bond donors (Lipinski definition) is 0. The van der Waals surface area contributed by atoms with Crippen LogP contribution in [0, 0.1) is 11.8 Å². The minimum Gasteiger partial charge on any atom is -0.374 e. The fourth-order valence-corrected chi connectivity index (χ4v) is 1.83. The Labute approximate surface area is 106 Å². The molecule has 0 aliphatic carbocycles. The molecule has 0 radical (unpaired) electrons. The largest absolute Gasteiger partial charge is 0.374 e. The van der Waals surface area contributed by atoms with E-state index in [1.807, 2.05) is 0 Å². The van der Waals surface area contributed by atoms with Crippen molar-refractivity contribution in [2.45, 2.75) is 47.1 Å². The van der Waals surface area contributed by atoms with Gasteiger partial charge in [-0.15, -0.1) is 0 Å². The lowest BCUT2D eigenvalue weighted by Gasteiger charge is -2.15. The van der Waals surface area contributed by atoms with Crippen LogP contribution in [-0.2, 0) is 11.2 Å². The summed E-state index contributed by atoms with van der Waals surface area (Å²) < 4.78 is 5.81. The zero-order valence-electron chi connectivity index (χ0n) is 11.9. The summed E-state index contributed by atoms with van der Waals surface area (Å²) in [6, 6.07) is 8.85. The van der Waals surface area contributed by atoms with Gasteiger partial charge in [-0.1, -0.05) is 52.0 Å². The Balaban J connectivity index is 2.54. The fraction of sp³-hybridized carbons (Fsp3) is 0.625. The van der Waals surface area contributed by atoms with Crippen LogP contribution in [0.3, 0.4) is 0 Å². The second-order valence-electron chi connectivity index (χ2n) is 5.71. The van der Waals surface area contributed by atoms with Gasteiger partial charge in [0.15, 0.2) is 0 Å². The van der Waals surface area contributed by atoms with Gasteiger partial charge in [0.05, 0.1) is 6.10 Å². The summed E-state index contributed by atoms with van der Waals surface area (Å²) in [5.74, 6) is 1.31. The third-order valence-corrected chi connectivity index (χ3v) is 2.77. The molecule has 17 heavy (non-hydrogen) atoms. The van der Waals surface area contributed by atoms with E-state index >= 15 is 0 Å². The summed E-state index contributed by atoms with van der Waals surface area (Å²) >= 11 is 0. The van der Waals surface area contributed by atoms with Crippen LogP contribution in [0.2, 0.25) is 0 Å². The normalized spacial score (nSPS) is 13.4. The molecule has 0 heterocycles. The fourth-order valence-electron chi connectivity index (χ4n) is 1.83. The molecule has 0 saturated heterocycles. The smallest absolute Gasteiger partial charge is 0.0796 e. The summed E-state index contributed by atoms with van der Waals surface area (Å²) in [5, 5.41) is 0. The number of ether oxygens (including phenoxy) is 1. The highest BCUT2D eigenvalue weighted by molar-refractivity contribution is 5.24. The van der Waals surface area contributed by atoms with Crippen molar-refractivity contribution in [3.63, 3.8) is 0 Å². The molecule has 1 rings (SSSR count). The molecule has 0 spiro atoms. The third kappa shape index (κ3) is 5.36. The minimum atomic E-state index is 0.200. The number of rotatable bonds is 6. The minimum absolute atomic E-state index is 0.200. The first-order valence-electron chi connectivity index (χ1n) is 6.69. The molecule has 1 atom stereocenters. The van der Waals surface area contributed by atoms with E-state index in [1.165, 1.54) is 11.1 Å². The Morgan fingerprint density at radius 2 is 1.47 bits per heavy atom. The molecule has 0 N–H and O–H groups in total. The molecule has 0 aromatic heterocycles. The van der Waals surface area contributed by atoms with E-state index in [0.717, 1.165) is 18.9 Å². The van der Waals surface area contributed by atoms with Crippen LogP contribution in [0.15, 0.2) is 24.3 Å². The third-order valence-electron chi connectivity index (χ3n) is 2.77. The van der Waals surface area contributed by atoms with Crippen molar-refractivity contribution in [3.8, 4) is 0 Å². The van der Waals surface area contributed by atoms with Crippen molar-refractivity contribution in [1.82, 2.24) is 0 Å². The molecule has 0 aliphatic heterocycles. The highest BCUT2D eigenvalue weighted by Gasteiger charge is 2.07. The van der Waals surface area contributed by atoms with Gasteiger partial charge in [-0.2, -0.15) is 0 Å². The van der Waals surface area contributed by atoms with E-state index in [0.29, 0.717) is 5.92 Å². The summed E-state index contributed by atoms with van der Waals surface area (Å²) in [4.78, 5) is 0. The lowest BCUT2D eigenvalue weighted by Crippen LogP contribution is -2.06. The van der Waals surface area contributed by atoms with Crippen LogP contribution < -0.4 is 0 Å². The first-order valence-corrected chi connectivity index (χ1v) is 6.69. The molecule has 1 unspecified atom stereocenters. The van der Waals surface area contributed by atoms with Gasteiger partial charge in [-0.05, 0) is 36.3 Å². The summed E-state index contributed by atoms with van der Waals surface area (Å²) in [6.45, 7) is 11.8. The molecule has 1 aromatic rings. The van der Waals surface area contributed by atoms with E-state index in [2.05, 4.69) is 58.9 Å². The van der Waals surface area contributed by atoms with Crippen molar-refractivity contribution in [1.29, 1.82) is 0 Å². The molecule has 0 fully saturated rings. The van der Waals surface area contributed by atoms with E-state index in [1.54, 1.807) is 0 Å². The molecule has 0 aliphatic rings. The van der Waals surface area contributed by atoms with Gasteiger partial charge < -0.3 is 4.74 Å². The first-order chi connectivity index (χ1) is 7.99. The molecule has 1 heteroatoms. The van der Waals surface area contributed by atoms with Gasteiger partial charge in [0.2, 0.25) is 0 Å². The van der Waals surface area contributed by atoms with Gasteiger partial charge >= 0.3 is 0 Å². The first kappa shape index (κ1) is 14.2. The molecule has 1 aromatic carbocycles. The zero-order chi connectivity index (χ0) is 12.8. The molecule has 0 bridgehead atoms. The molecular weight excluding hydrogens is 208 g/mol. The standard InChI is InChI=1S/C16H26O/c1-12(2)10-15-6-8-16(9-7-15)14(5)17-11-13(3)4/h6-9,12-14H,10-11H2,1-5H3. The van der Waals surface area contributed by atoms with Crippen molar-refractivity contribution in [2.75, 3.05) is 6.61 Å². The van der Waals surface area contributed by atoms with Gasteiger partial charge in [-0.3, -0.25) is 0 Å². The van der Waals surface area contributed by atoms with Crippen LogP contribution in [-0.4, -0.2) is 6.61 Å². The van der Waals surface area contributed by atoms with Gasteiger partial charge in [0, 0.05) is 6.61 Å². The lowest BCUT2D eigenvalue weighted by atomic mass is 10.0. The van der Waals surface area contributed by atoms with Crippen molar-refractivity contribution >= 4 is 0 Å². The van der Waals surface area contributed by atoms with E-state index < -0.39 is 0 Å². The average Bonchev–Trinajstić information content (AvgIpc) is 2.26. The maximum absolute atomic E-state index is 5.81. The van der Waals surface area contributed by atoms with Crippen LogP contribution in [0.1, 0.15) is 51.8 Å². The van der Waals surface area contributed by atoms with Crippen LogP contribution in [0.4, 0.5) is 0 Å². The SMILES string of the molecule is CC(C)COC(C)c1ccc(CC(C)C)cc1. The predicted octanol–water partition coefficient (Wildman–Crippen LogP) is 4.62. The number of benzene rings is 1. The van der Waals surface area contributed by atoms with E-state index in [-0.39, 0.29) is 6.10 Å². The van der Waals surface area contributed by atoms with Crippen LogP contribution in [0.25, 0.3) is 0 Å². The second-order valence-corrected chi connectivity index (χ2v) is 5.71. The van der Waals surface area contributed by atoms with Crippen molar-refractivity contribution in [2.24, 2.45) is 11.8 Å². The number of hydrogen-bond acceptors (Lipinski definition) is 1. The molecular formula is C16H26O. The summed E-state index contributed by atoms with van der Waals surface area (Å²) in [5.41, 5.74) is 2.69. The second kappa shape index (κ2) is 6.80. The van der Waals surface area contributed by atoms with E-state index in [4.69, 9.17) is 4.74 Å². The van der Waals surface area contributed by atoms with Crippen molar-refractivity contribution < 1.29 is 4.74 Å². The highest BCUT2D eigenvalue weighted by Crippen LogP contribution is 2.19. The Morgan fingerprint density at radius 3 is 1.94 bits per heavy atom. The van der Waals surface area contributed by atoms with Gasteiger partial charge in [-0.25, -0.2) is 0 Å². The van der Waals surface area contributed by atoms with Crippen LogP contribution >= 0.6 is 0 Å².